The van der Waals surface area contributed by atoms with Crippen LogP contribution in [0.1, 0.15) is 9.67 Å². The summed E-state index contributed by atoms with van der Waals surface area (Å²) in [5.41, 5.74) is 0.774. The van der Waals surface area contributed by atoms with Crippen molar-refractivity contribution < 1.29 is 14.3 Å². The van der Waals surface area contributed by atoms with Crippen LogP contribution in [0.4, 0.5) is 5.69 Å². The van der Waals surface area contributed by atoms with Gasteiger partial charge in [-0.2, -0.15) is 0 Å². The number of ether oxygens (including phenoxy) is 2. The number of anilines is 1. The zero-order chi connectivity index (χ0) is 15.8. The Bertz CT molecular complexity index is 612. The van der Waals surface area contributed by atoms with Crippen LogP contribution in [0.3, 0.4) is 0 Å². The van der Waals surface area contributed by atoms with Crippen LogP contribution in [-0.4, -0.2) is 31.3 Å². The van der Waals surface area contributed by atoms with Gasteiger partial charge in [-0.05, 0) is 47.9 Å². The van der Waals surface area contributed by atoms with Crippen molar-refractivity contribution in [3.05, 3.63) is 46.7 Å². The van der Waals surface area contributed by atoms with Crippen LogP contribution in [0.2, 0.25) is 0 Å². The number of benzene rings is 1. The number of amides is 1. The maximum absolute atomic E-state index is 11.8. The van der Waals surface area contributed by atoms with Gasteiger partial charge < -0.3 is 14.8 Å². The third-order valence-electron chi connectivity index (χ3n) is 2.64. The van der Waals surface area contributed by atoms with Crippen molar-refractivity contribution in [3.8, 4) is 5.75 Å². The van der Waals surface area contributed by atoms with E-state index < -0.39 is 0 Å². The van der Waals surface area contributed by atoms with Gasteiger partial charge in [0.2, 0.25) is 0 Å². The average Bonchev–Trinajstić information content (AvgIpc) is 3.03. The Kier molecular flexibility index (Phi) is 6.32. The van der Waals surface area contributed by atoms with Crippen LogP contribution in [0, 0.1) is 0 Å². The van der Waals surface area contributed by atoms with E-state index in [-0.39, 0.29) is 11.0 Å². The first-order chi connectivity index (χ1) is 10.7. The van der Waals surface area contributed by atoms with E-state index in [0.29, 0.717) is 18.1 Å². The standard InChI is InChI=1S/C15H16N2O3S2/c1-19-8-9-20-12-6-4-11(5-7-12)16-15(21)17-14(18)13-3-2-10-22-13/h2-7,10H,8-9H2,1H3,(H2,16,17,18,21). The zero-order valence-corrected chi connectivity index (χ0v) is 13.6. The highest BCUT2D eigenvalue weighted by Gasteiger charge is 2.08. The lowest BCUT2D eigenvalue weighted by molar-refractivity contribution is 0.0981. The van der Waals surface area contributed by atoms with E-state index in [9.17, 15) is 4.79 Å². The van der Waals surface area contributed by atoms with Gasteiger partial charge in [-0.25, -0.2) is 0 Å². The first kappa shape index (κ1) is 16.4. The number of hydrogen-bond donors (Lipinski definition) is 2. The molecule has 2 rings (SSSR count). The maximum Gasteiger partial charge on any atom is 0.267 e. The topological polar surface area (TPSA) is 59.6 Å². The molecule has 0 aliphatic carbocycles. The molecule has 2 aromatic rings. The summed E-state index contributed by atoms with van der Waals surface area (Å²) in [6.45, 7) is 1.04. The summed E-state index contributed by atoms with van der Waals surface area (Å²) in [6.07, 6.45) is 0. The molecule has 1 aromatic heterocycles. The molecule has 0 unspecified atom stereocenters. The summed E-state index contributed by atoms with van der Waals surface area (Å²) in [5.74, 6) is 0.531. The van der Waals surface area contributed by atoms with E-state index in [1.165, 1.54) is 11.3 Å². The molecular weight excluding hydrogens is 320 g/mol. The number of thiophene rings is 1. The van der Waals surface area contributed by atoms with Crippen molar-refractivity contribution >= 4 is 40.3 Å². The van der Waals surface area contributed by atoms with Crippen molar-refractivity contribution in [1.29, 1.82) is 0 Å². The largest absolute Gasteiger partial charge is 0.491 e. The van der Waals surface area contributed by atoms with Gasteiger partial charge in [-0.15, -0.1) is 11.3 Å². The lowest BCUT2D eigenvalue weighted by Gasteiger charge is -2.10. The van der Waals surface area contributed by atoms with Crippen molar-refractivity contribution in [1.82, 2.24) is 5.32 Å². The highest BCUT2D eigenvalue weighted by atomic mass is 32.1. The molecule has 0 radical (unpaired) electrons. The van der Waals surface area contributed by atoms with Crippen LogP contribution >= 0.6 is 23.6 Å². The molecule has 1 aromatic carbocycles. The zero-order valence-electron chi connectivity index (χ0n) is 12.0. The molecule has 1 amide bonds. The molecule has 0 bridgehead atoms. The fourth-order valence-corrected chi connectivity index (χ4v) is 2.44. The average molecular weight is 336 g/mol. The molecule has 0 saturated carbocycles. The number of methoxy groups -OCH3 is 1. The van der Waals surface area contributed by atoms with Crippen molar-refractivity contribution in [3.63, 3.8) is 0 Å². The summed E-state index contributed by atoms with van der Waals surface area (Å²) in [7, 11) is 1.63. The number of carbonyl (C=O) groups excluding carboxylic acids is 1. The Morgan fingerprint density at radius 2 is 2.00 bits per heavy atom. The predicted molar refractivity (Wildman–Crippen MR) is 91.8 cm³/mol. The minimum absolute atomic E-state index is 0.216. The van der Waals surface area contributed by atoms with Gasteiger partial charge in [-0.3, -0.25) is 10.1 Å². The number of thiocarbonyl (C=S) groups is 1. The molecule has 1 heterocycles. The third kappa shape index (κ3) is 5.10. The third-order valence-corrected chi connectivity index (χ3v) is 3.71. The molecular formula is C15H16N2O3S2. The second-order valence-corrected chi connectivity index (χ2v) is 5.61. The van der Waals surface area contributed by atoms with Crippen LogP contribution in [0.5, 0.6) is 5.75 Å². The summed E-state index contributed by atoms with van der Waals surface area (Å²) in [5, 5.41) is 7.68. The smallest absolute Gasteiger partial charge is 0.267 e. The first-order valence-corrected chi connectivity index (χ1v) is 7.85. The van der Waals surface area contributed by atoms with Crippen molar-refractivity contribution in [2.24, 2.45) is 0 Å². The Morgan fingerprint density at radius 3 is 2.64 bits per heavy atom. The van der Waals surface area contributed by atoms with Crippen molar-refractivity contribution in [2.75, 3.05) is 25.6 Å². The first-order valence-electron chi connectivity index (χ1n) is 6.56. The molecule has 0 spiro atoms. The van der Waals surface area contributed by atoms with Gasteiger partial charge >= 0.3 is 0 Å². The normalized spacial score (nSPS) is 10.0. The highest BCUT2D eigenvalue weighted by Crippen LogP contribution is 2.15. The SMILES string of the molecule is COCCOc1ccc(NC(=S)NC(=O)c2cccs2)cc1. The summed E-state index contributed by atoms with van der Waals surface area (Å²) in [6, 6.07) is 10.9. The molecule has 0 saturated heterocycles. The van der Waals surface area contributed by atoms with Crippen LogP contribution in [-0.2, 0) is 4.74 Å². The Hall–Kier alpha value is -1.96. The Balaban J connectivity index is 1.82. The number of carbonyl (C=O) groups is 1. The second-order valence-electron chi connectivity index (χ2n) is 4.25. The van der Waals surface area contributed by atoms with E-state index in [0.717, 1.165) is 11.4 Å². The summed E-state index contributed by atoms with van der Waals surface area (Å²) < 4.78 is 10.4. The molecule has 0 fully saturated rings. The van der Waals surface area contributed by atoms with Gasteiger partial charge in [0.05, 0.1) is 11.5 Å². The lowest BCUT2D eigenvalue weighted by atomic mass is 10.3. The molecule has 7 heteroatoms. The molecule has 22 heavy (non-hydrogen) atoms. The van der Waals surface area contributed by atoms with Crippen LogP contribution in [0.15, 0.2) is 41.8 Å². The molecule has 0 aliphatic heterocycles. The monoisotopic (exact) mass is 336 g/mol. The van der Waals surface area contributed by atoms with E-state index in [1.54, 1.807) is 13.2 Å². The van der Waals surface area contributed by atoms with E-state index >= 15 is 0 Å². The van der Waals surface area contributed by atoms with Gasteiger partial charge in [0, 0.05) is 12.8 Å². The lowest BCUT2D eigenvalue weighted by Crippen LogP contribution is -2.33. The fourth-order valence-electron chi connectivity index (χ4n) is 1.61. The van der Waals surface area contributed by atoms with Crippen LogP contribution in [0.25, 0.3) is 0 Å². The van der Waals surface area contributed by atoms with Gasteiger partial charge in [0.25, 0.3) is 5.91 Å². The number of rotatable bonds is 6. The molecule has 116 valence electrons. The molecule has 0 aliphatic rings. The maximum atomic E-state index is 11.8. The summed E-state index contributed by atoms with van der Waals surface area (Å²) >= 11 is 6.48. The highest BCUT2D eigenvalue weighted by molar-refractivity contribution is 7.80. The molecule has 0 atom stereocenters. The molecule has 2 N–H and O–H groups in total. The minimum atomic E-state index is -0.216. The van der Waals surface area contributed by atoms with E-state index in [1.807, 2.05) is 35.7 Å². The van der Waals surface area contributed by atoms with Crippen LogP contribution < -0.4 is 15.4 Å². The second kappa shape index (κ2) is 8.47. The van der Waals surface area contributed by atoms with E-state index in [2.05, 4.69) is 10.6 Å². The molecule has 5 nitrogen and oxygen atoms in total. The summed E-state index contributed by atoms with van der Waals surface area (Å²) in [4.78, 5) is 12.5. The number of nitrogens with one attached hydrogen (secondary N) is 2. The Morgan fingerprint density at radius 1 is 1.23 bits per heavy atom. The fraction of sp³-hybridized carbons (Fsp3) is 0.200. The predicted octanol–water partition coefficient (Wildman–Crippen LogP) is 2.90. The Labute approximate surface area is 138 Å². The number of hydrogen-bond acceptors (Lipinski definition) is 5. The minimum Gasteiger partial charge on any atom is -0.491 e. The van der Waals surface area contributed by atoms with Crippen molar-refractivity contribution in [2.45, 2.75) is 0 Å². The quantitative estimate of drug-likeness (QED) is 0.627. The van der Waals surface area contributed by atoms with E-state index in [4.69, 9.17) is 21.7 Å². The van der Waals surface area contributed by atoms with Gasteiger partial charge in [-0.1, -0.05) is 6.07 Å². The van der Waals surface area contributed by atoms with Gasteiger partial charge in [0.1, 0.15) is 12.4 Å². The van der Waals surface area contributed by atoms with Gasteiger partial charge in [0.15, 0.2) is 5.11 Å².